The fourth-order valence-electron chi connectivity index (χ4n) is 1.34. The molecule has 0 bridgehead atoms. The Hall–Kier alpha value is -1.78. The number of aromatic amines is 2. The average Bonchev–Trinajstić information content (AvgIpc) is 2.61. The van der Waals surface area contributed by atoms with Gasteiger partial charge >= 0.3 is 5.97 Å². The highest BCUT2D eigenvalue weighted by Crippen LogP contribution is 2.12. The summed E-state index contributed by atoms with van der Waals surface area (Å²) in [6.45, 7) is 4.01. The third-order valence-corrected chi connectivity index (χ3v) is 1.89. The van der Waals surface area contributed by atoms with Crippen LogP contribution in [-0.2, 0) is 4.74 Å². The van der Waals surface area contributed by atoms with Gasteiger partial charge < -0.3 is 14.7 Å². The van der Waals surface area contributed by atoms with Gasteiger partial charge in [-0.15, -0.1) is 0 Å². The molecule has 5 heteroatoms. The monoisotopic (exact) mass is 193 g/mol. The van der Waals surface area contributed by atoms with Crippen LogP contribution in [0.2, 0.25) is 0 Å². The summed E-state index contributed by atoms with van der Waals surface area (Å²) >= 11 is 0. The summed E-state index contributed by atoms with van der Waals surface area (Å²) in [5.74, 6) is 0.471. The summed E-state index contributed by atoms with van der Waals surface area (Å²) < 4.78 is 4.85. The molecule has 2 rings (SSSR count). The van der Waals surface area contributed by atoms with Gasteiger partial charge in [-0.2, -0.15) is 0 Å². The zero-order chi connectivity index (χ0) is 10.1. The maximum atomic E-state index is 11.3. The molecule has 0 amide bonds. The average molecular weight is 193 g/mol. The van der Waals surface area contributed by atoms with Crippen LogP contribution in [0.1, 0.15) is 23.2 Å². The Kier molecular flexibility index (Phi) is 1.99. The molecular weight excluding hydrogens is 182 g/mol. The number of nitrogens with one attached hydrogen (secondary N) is 2. The highest BCUT2D eigenvalue weighted by atomic mass is 16.5. The topological polar surface area (TPSA) is 70.8 Å². The van der Waals surface area contributed by atoms with Gasteiger partial charge in [0.25, 0.3) is 0 Å². The second-order valence-corrected chi connectivity index (χ2v) is 2.99. The van der Waals surface area contributed by atoms with E-state index in [1.54, 1.807) is 13.0 Å². The molecule has 2 heterocycles. The number of carbonyl (C=O) groups is 1. The molecule has 74 valence electrons. The van der Waals surface area contributed by atoms with Crippen LogP contribution in [0, 0.1) is 6.92 Å². The highest BCUT2D eigenvalue weighted by molar-refractivity contribution is 5.92. The zero-order valence-corrected chi connectivity index (χ0v) is 8.05. The van der Waals surface area contributed by atoms with Crippen LogP contribution >= 0.6 is 0 Å². The maximum Gasteiger partial charge on any atom is 0.354 e. The Morgan fingerprint density at radius 2 is 2.36 bits per heavy atom. The van der Waals surface area contributed by atoms with Gasteiger partial charge in [0, 0.05) is 0 Å². The van der Waals surface area contributed by atoms with Crippen molar-refractivity contribution in [2.45, 2.75) is 13.8 Å². The standard InChI is InChI=1S/C9H11N3O2/c1-3-14-9(13)7-4-6-8(12-7)11-5(2)10-6/h4,12H,3H2,1-2H3,(H,10,11). The Morgan fingerprint density at radius 3 is 3.00 bits per heavy atom. The third kappa shape index (κ3) is 1.37. The number of rotatable bonds is 2. The molecule has 2 N–H and O–H groups in total. The summed E-state index contributed by atoms with van der Waals surface area (Å²) in [7, 11) is 0. The SMILES string of the molecule is CCOC(=O)c1cc2[nH]c(C)nc2[nH]1. The fourth-order valence-corrected chi connectivity index (χ4v) is 1.34. The number of ether oxygens (including phenoxy) is 1. The lowest BCUT2D eigenvalue weighted by atomic mass is 10.4. The highest BCUT2D eigenvalue weighted by Gasteiger charge is 2.11. The number of hydrogen-bond acceptors (Lipinski definition) is 3. The Bertz CT molecular complexity index is 438. The number of imidazole rings is 1. The van der Waals surface area contributed by atoms with Gasteiger partial charge in [0.15, 0.2) is 5.65 Å². The molecular formula is C9H11N3O2. The quantitative estimate of drug-likeness (QED) is 0.708. The summed E-state index contributed by atoms with van der Waals surface area (Å²) in [4.78, 5) is 21.4. The van der Waals surface area contributed by atoms with Gasteiger partial charge in [0.2, 0.25) is 0 Å². The molecule has 0 spiro atoms. The van der Waals surface area contributed by atoms with Crippen LogP contribution in [-0.4, -0.2) is 27.5 Å². The largest absolute Gasteiger partial charge is 0.461 e. The fraction of sp³-hybridized carbons (Fsp3) is 0.333. The summed E-state index contributed by atoms with van der Waals surface area (Å²) in [6, 6.07) is 1.70. The number of aryl methyl sites for hydroxylation is 1. The minimum Gasteiger partial charge on any atom is -0.461 e. The third-order valence-electron chi connectivity index (χ3n) is 1.89. The van der Waals surface area contributed by atoms with E-state index in [-0.39, 0.29) is 5.97 Å². The molecule has 0 unspecified atom stereocenters. The Balaban J connectivity index is 2.36. The summed E-state index contributed by atoms with van der Waals surface area (Å²) in [5, 5.41) is 0. The number of hydrogen-bond donors (Lipinski definition) is 2. The molecule has 0 radical (unpaired) electrons. The van der Waals surface area contributed by atoms with Crippen molar-refractivity contribution >= 4 is 17.1 Å². The maximum absolute atomic E-state index is 11.3. The predicted octanol–water partition coefficient (Wildman–Crippen LogP) is 1.38. The first-order chi connectivity index (χ1) is 6.70. The van der Waals surface area contributed by atoms with Gasteiger partial charge in [-0.1, -0.05) is 0 Å². The van der Waals surface area contributed by atoms with Crippen LogP contribution in [0.4, 0.5) is 0 Å². The van der Waals surface area contributed by atoms with Crippen molar-refractivity contribution in [2.24, 2.45) is 0 Å². The number of carbonyl (C=O) groups excluding carboxylic acids is 1. The lowest BCUT2D eigenvalue weighted by Crippen LogP contribution is -2.04. The second-order valence-electron chi connectivity index (χ2n) is 2.99. The van der Waals surface area contributed by atoms with E-state index in [4.69, 9.17) is 4.74 Å². The number of aromatic nitrogens is 3. The van der Waals surface area contributed by atoms with E-state index >= 15 is 0 Å². The van der Waals surface area contributed by atoms with Crippen LogP contribution < -0.4 is 0 Å². The van der Waals surface area contributed by atoms with Crippen LogP contribution in [0.5, 0.6) is 0 Å². The van der Waals surface area contributed by atoms with E-state index in [2.05, 4.69) is 15.0 Å². The molecule has 0 aliphatic carbocycles. The molecule has 0 atom stereocenters. The van der Waals surface area contributed by atoms with Crippen molar-refractivity contribution in [3.05, 3.63) is 17.6 Å². The molecule has 5 nitrogen and oxygen atoms in total. The smallest absolute Gasteiger partial charge is 0.354 e. The number of esters is 1. The van der Waals surface area contributed by atoms with Crippen molar-refractivity contribution in [1.29, 1.82) is 0 Å². The Morgan fingerprint density at radius 1 is 1.57 bits per heavy atom. The van der Waals surface area contributed by atoms with Crippen LogP contribution in [0.25, 0.3) is 11.2 Å². The molecule has 2 aromatic rings. The van der Waals surface area contributed by atoms with Crippen molar-refractivity contribution in [2.75, 3.05) is 6.61 Å². The second kappa shape index (κ2) is 3.17. The van der Waals surface area contributed by atoms with Crippen molar-refractivity contribution in [1.82, 2.24) is 15.0 Å². The number of nitrogens with zero attached hydrogens (tertiary/aromatic N) is 1. The zero-order valence-electron chi connectivity index (χ0n) is 8.05. The van der Waals surface area contributed by atoms with Crippen LogP contribution in [0.15, 0.2) is 6.07 Å². The minimum absolute atomic E-state index is 0.350. The van der Waals surface area contributed by atoms with Crippen molar-refractivity contribution in [3.63, 3.8) is 0 Å². The number of fused-ring (bicyclic) bond motifs is 1. The van der Waals surface area contributed by atoms with E-state index in [0.717, 1.165) is 11.3 Å². The summed E-state index contributed by atoms with van der Waals surface area (Å²) in [5.41, 5.74) is 1.94. The molecule has 0 aromatic carbocycles. The first kappa shape index (κ1) is 8.80. The molecule has 14 heavy (non-hydrogen) atoms. The van der Waals surface area contributed by atoms with Gasteiger partial charge in [-0.3, -0.25) is 0 Å². The van der Waals surface area contributed by atoms with E-state index in [1.165, 1.54) is 0 Å². The van der Waals surface area contributed by atoms with Crippen molar-refractivity contribution < 1.29 is 9.53 Å². The molecule has 0 aliphatic heterocycles. The van der Waals surface area contributed by atoms with Crippen molar-refractivity contribution in [3.8, 4) is 0 Å². The van der Waals surface area contributed by atoms with E-state index in [0.29, 0.717) is 17.9 Å². The first-order valence-electron chi connectivity index (χ1n) is 4.43. The van der Waals surface area contributed by atoms with Gasteiger partial charge in [-0.25, -0.2) is 9.78 Å². The molecule has 0 fully saturated rings. The predicted molar refractivity (Wildman–Crippen MR) is 51.1 cm³/mol. The van der Waals surface area contributed by atoms with E-state index < -0.39 is 0 Å². The number of H-pyrrole nitrogens is 2. The lowest BCUT2D eigenvalue weighted by Gasteiger charge is -1.96. The van der Waals surface area contributed by atoms with Gasteiger partial charge in [-0.05, 0) is 19.9 Å². The lowest BCUT2D eigenvalue weighted by molar-refractivity contribution is 0.0520. The minimum atomic E-state index is -0.350. The Labute approximate surface area is 80.5 Å². The molecule has 0 saturated carbocycles. The first-order valence-corrected chi connectivity index (χ1v) is 4.43. The van der Waals surface area contributed by atoms with Gasteiger partial charge in [0.05, 0.1) is 12.1 Å². The molecule has 0 aliphatic rings. The van der Waals surface area contributed by atoms with E-state index in [9.17, 15) is 4.79 Å². The molecule has 2 aromatic heterocycles. The van der Waals surface area contributed by atoms with E-state index in [1.807, 2.05) is 6.92 Å². The summed E-state index contributed by atoms with van der Waals surface area (Å²) in [6.07, 6.45) is 0. The van der Waals surface area contributed by atoms with Crippen LogP contribution in [0.3, 0.4) is 0 Å². The van der Waals surface area contributed by atoms with Gasteiger partial charge in [0.1, 0.15) is 11.5 Å². The normalized spacial score (nSPS) is 10.7. The molecule has 0 saturated heterocycles.